The van der Waals surface area contributed by atoms with Crippen LogP contribution >= 0.6 is 24.8 Å². The van der Waals surface area contributed by atoms with Crippen LogP contribution in [0, 0.1) is 11.6 Å². The highest BCUT2D eigenvalue weighted by atomic mass is 35.5. The fourth-order valence-electron chi connectivity index (χ4n) is 5.77. The third-order valence-electron chi connectivity index (χ3n) is 7.14. The molecule has 1 aliphatic rings. The van der Waals surface area contributed by atoms with Crippen LogP contribution in [0.4, 0.5) is 8.78 Å². The maximum Gasteiger partial charge on any atom is 0.201 e. The first kappa shape index (κ1) is 30.0. The van der Waals surface area contributed by atoms with E-state index in [2.05, 4.69) is 41.5 Å². The van der Waals surface area contributed by atoms with E-state index in [0.717, 1.165) is 17.3 Å². The van der Waals surface area contributed by atoms with Gasteiger partial charge in [0.2, 0.25) is 8.32 Å². The van der Waals surface area contributed by atoms with Gasteiger partial charge in [0.15, 0.2) is 11.6 Å². The van der Waals surface area contributed by atoms with Gasteiger partial charge in [-0.25, -0.2) is 8.78 Å². The summed E-state index contributed by atoms with van der Waals surface area (Å²) in [6.07, 6.45) is 2.87. The largest absolute Gasteiger partial charge is 0.408 e. The standard InChI is InChI=1S/C25H36F2N2OSi.2ClH/c1-15(2)31(16(3)4,17(5)6)30-22-13-12-19(18-9-7-11-21(26)23(18)27)24(28)20-10-8-14-29-25(20)22;;/h7-11,14-17,19,22,24H,12-13,28H2,1-6H3;2*1H/t19-,22+,24?;;/m0../s1. The second-order valence-corrected chi connectivity index (χ2v) is 15.2. The van der Waals surface area contributed by atoms with Crippen molar-refractivity contribution in [2.45, 2.75) is 89.1 Å². The first-order chi connectivity index (χ1) is 14.6. The zero-order chi connectivity index (χ0) is 22.9. The Hall–Kier alpha value is -1.05. The molecule has 0 saturated carbocycles. The molecular weight excluding hydrogens is 481 g/mol. The van der Waals surface area contributed by atoms with E-state index in [1.165, 1.54) is 0 Å². The molecule has 0 saturated heterocycles. The highest BCUT2D eigenvalue weighted by molar-refractivity contribution is 6.77. The Labute approximate surface area is 210 Å². The molecule has 0 spiro atoms. The number of benzene rings is 1. The topological polar surface area (TPSA) is 48.1 Å². The molecule has 3 nitrogen and oxygen atoms in total. The van der Waals surface area contributed by atoms with Crippen molar-refractivity contribution in [1.82, 2.24) is 4.98 Å². The molecule has 33 heavy (non-hydrogen) atoms. The number of hydrogen-bond donors (Lipinski definition) is 1. The minimum absolute atomic E-state index is 0. The number of pyridine rings is 1. The number of halogens is 4. The summed E-state index contributed by atoms with van der Waals surface area (Å²) in [6.45, 7) is 13.6. The summed E-state index contributed by atoms with van der Waals surface area (Å²) < 4.78 is 35.8. The molecule has 3 rings (SSSR count). The number of nitrogens with two attached hydrogens (primary N) is 1. The van der Waals surface area contributed by atoms with Gasteiger partial charge in [0, 0.05) is 18.2 Å². The van der Waals surface area contributed by atoms with E-state index in [1.54, 1.807) is 18.3 Å². The van der Waals surface area contributed by atoms with Gasteiger partial charge in [-0.2, -0.15) is 0 Å². The number of fused-ring (bicyclic) bond motifs is 1. The summed E-state index contributed by atoms with van der Waals surface area (Å²) in [5, 5.41) is 0. The van der Waals surface area contributed by atoms with Crippen molar-refractivity contribution < 1.29 is 13.2 Å². The molecule has 8 heteroatoms. The van der Waals surface area contributed by atoms with Crippen LogP contribution in [-0.2, 0) is 4.43 Å². The van der Waals surface area contributed by atoms with E-state index in [-0.39, 0.29) is 36.8 Å². The first-order valence-corrected chi connectivity index (χ1v) is 13.6. The minimum Gasteiger partial charge on any atom is -0.408 e. The second kappa shape index (κ2) is 12.1. The van der Waals surface area contributed by atoms with Gasteiger partial charge in [-0.05, 0) is 52.7 Å². The van der Waals surface area contributed by atoms with E-state index in [9.17, 15) is 8.78 Å². The molecule has 0 bridgehead atoms. The van der Waals surface area contributed by atoms with Gasteiger partial charge < -0.3 is 10.2 Å². The van der Waals surface area contributed by atoms with Crippen molar-refractivity contribution in [3.63, 3.8) is 0 Å². The smallest absolute Gasteiger partial charge is 0.201 e. The lowest BCUT2D eigenvalue weighted by Crippen LogP contribution is -2.48. The van der Waals surface area contributed by atoms with Crippen molar-refractivity contribution in [3.8, 4) is 0 Å². The van der Waals surface area contributed by atoms with Gasteiger partial charge in [0.05, 0.1) is 11.8 Å². The van der Waals surface area contributed by atoms with Crippen molar-refractivity contribution in [3.05, 3.63) is 65.0 Å². The van der Waals surface area contributed by atoms with E-state index < -0.39 is 26.0 Å². The summed E-state index contributed by atoms with van der Waals surface area (Å²) >= 11 is 0. The molecule has 2 aromatic rings. The SMILES string of the molecule is CC(C)[Si](O[C@@H]1CC[C@@H](c2cccc(F)c2F)C(N)c2cccnc21)(C(C)C)C(C)C.Cl.Cl. The zero-order valence-electron chi connectivity index (χ0n) is 20.3. The normalized spacial score (nSPS) is 20.8. The average molecular weight is 520 g/mol. The fraction of sp³-hybridized carbons (Fsp3) is 0.560. The lowest BCUT2D eigenvalue weighted by molar-refractivity contribution is 0.159. The maximum absolute atomic E-state index is 14.7. The lowest BCUT2D eigenvalue weighted by Gasteiger charge is -2.44. The third-order valence-corrected chi connectivity index (χ3v) is 13.3. The van der Waals surface area contributed by atoms with Crippen LogP contribution in [0.25, 0.3) is 0 Å². The Balaban J connectivity index is 0.00000272. The fourth-order valence-corrected chi connectivity index (χ4v) is 11.3. The second-order valence-electron chi connectivity index (χ2n) is 9.75. The highest BCUT2D eigenvalue weighted by Crippen LogP contribution is 2.49. The predicted octanol–water partition coefficient (Wildman–Crippen LogP) is 8.01. The molecule has 0 radical (unpaired) electrons. The van der Waals surface area contributed by atoms with Gasteiger partial charge in [0.25, 0.3) is 0 Å². The number of rotatable bonds is 6. The molecule has 1 aliphatic carbocycles. The first-order valence-electron chi connectivity index (χ1n) is 11.4. The van der Waals surface area contributed by atoms with Gasteiger partial charge in [-0.1, -0.05) is 59.7 Å². The number of nitrogens with zero attached hydrogens (tertiary/aromatic N) is 1. The van der Waals surface area contributed by atoms with Crippen LogP contribution in [0.2, 0.25) is 16.6 Å². The Kier molecular flexibility index (Phi) is 11.0. The summed E-state index contributed by atoms with van der Waals surface area (Å²) in [5.41, 5.74) is 10.1. The third kappa shape index (κ3) is 5.62. The molecule has 2 N–H and O–H groups in total. The van der Waals surface area contributed by atoms with Gasteiger partial charge in [-0.15, -0.1) is 24.8 Å². The van der Waals surface area contributed by atoms with E-state index in [1.807, 2.05) is 12.1 Å². The van der Waals surface area contributed by atoms with E-state index in [4.69, 9.17) is 15.1 Å². The van der Waals surface area contributed by atoms with Gasteiger partial charge in [0.1, 0.15) is 0 Å². The molecule has 1 aromatic heterocycles. The van der Waals surface area contributed by atoms with E-state index in [0.29, 0.717) is 35.0 Å². The Bertz CT molecular complexity index is 892. The van der Waals surface area contributed by atoms with Crippen LogP contribution < -0.4 is 5.73 Å². The Morgan fingerprint density at radius 2 is 1.48 bits per heavy atom. The molecular formula is C25H38Cl2F2N2OSi. The lowest BCUT2D eigenvalue weighted by atomic mass is 9.86. The molecule has 0 amide bonds. The van der Waals surface area contributed by atoms with Gasteiger partial charge in [-0.3, -0.25) is 4.98 Å². The molecule has 0 aliphatic heterocycles. The van der Waals surface area contributed by atoms with Crippen molar-refractivity contribution in [2.75, 3.05) is 0 Å². The van der Waals surface area contributed by atoms with Crippen LogP contribution in [0.15, 0.2) is 36.5 Å². The predicted molar refractivity (Wildman–Crippen MR) is 139 cm³/mol. The summed E-state index contributed by atoms with van der Waals surface area (Å²) in [6, 6.07) is 7.70. The van der Waals surface area contributed by atoms with Crippen LogP contribution in [-0.4, -0.2) is 13.3 Å². The summed E-state index contributed by atoms with van der Waals surface area (Å²) in [7, 11) is -2.16. The summed E-state index contributed by atoms with van der Waals surface area (Å²) in [4.78, 5) is 4.69. The molecule has 1 heterocycles. The Morgan fingerprint density at radius 3 is 2.06 bits per heavy atom. The molecule has 186 valence electrons. The summed E-state index contributed by atoms with van der Waals surface area (Å²) in [5.74, 6) is -1.97. The monoisotopic (exact) mass is 518 g/mol. The van der Waals surface area contributed by atoms with Crippen LogP contribution in [0.1, 0.15) is 89.3 Å². The van der Waals surface area contributed by atoms with Crippen LogP contribution in [0.5, 0.6) is 0 Å². The molecule has 3 atom stereocenters. The minimum atomic E-state index is -2.16. The number of aromatic nitrogens is 1. The Morgan fingerprint density at radius 1 is 0.909 bits per heavy atom. The van der Waals surface area contributed by atoms with Gasteiger partial charge >= 0.3 is 0 Å². The molecule has 1 unspecified atom stereocenters. The maximum atomic E-state index is 14.7. The highest BCUT2D eigenvalue weighted by Gasteiger charge is 2.48. The zero-order valence-corrected chi connectivity index (χ0v) is 23.0. The quantitative estimate of drug-likeness (QED) is 0.311. The van der Waals surface area contributed by atoms with Crippen molar-refractivity contribution in [1.29, 1.82) is 0 Å². The molecule has 1 aromatic carbocycles. The van der Waals surface area contributed by atoms with Crippen LogP contribution in [0.3, 0.4) is 0 Å². The number of hydrogen-bond acceptors (Lipinski definition) is 3. The van der Waals surface area contributed by atoms with Crippen molar-refractivity contribution >= 4 is 33.1 Å². The van der Waals surface area contributed by atoms with Crippen molar-refractivity contribution in [2.24, 2.45) is 5.73 Å². The van der Waals surface area contributed by atoms with E-state index >= 15 is 0 Å². The average Bonchev–Trinajstić information content (AvgIpc) is 2.84. The molecule has 0 fully saturated rings.